The molecule has 0 atom stereocenters. The minimum atomic E-state index is -0.992. The molecule has 4 nitrogen and oxygen atoms in total. The van der Waals surface area contributed by atoms with Crippen molar-refractivity contribution in [3.63, 3.8) is 0 Å². The van der Waals surface area contributed by atoms with E-state index in [-0.39, 0.29) is 18.0 Å². The number of benzene rings is 2. The molecule has 21 heavy (non-hydrogen) atoms. The predicted octanol–water partition coefficient (Wildman–Crippen LogP) is 3.28. The largest absolute Gasteiger partial charge is 0.478 e. The van der Waals surface area contributed by atoms with Crippen molar-refractivity contribution in [3.8, 4) is 0 Å². The first-order chi connectivity index (χ1) is 9.99. The fourth-order valence-electron chi connectivity index (χ4n) is 1.95. The lowest BCUT2D eigenvalue weighted by Crippen LogP contribution is -2.23. The summed E-state index contributed by atoms with van der Waals surface area (Å²) in [5.41, 5.74) is 2.15. The van der Waals surface area contributed by atoms with Gasteiger partial charge in [-0.15, -0.1) is 0 Å². The van der Waals surface area contributed by atoms with Crippen LogP contribution in [0.5, 0.6) is 0 Å². The highest BCUT2D eigenvalue weighted by Gasteiger charge is 2.11. The number of rotatable bonds is 4. The van der Waals surface area contributed by atoms with Gasteiger partial charge in [-0.2, -0.15) is 0 Å². The molecule has 0 saturated heterocycles. The Morgan fingerprint density at radius 3 is 2.62 bits per heavy atom. The molecule has 0 unspecified atom stereocenters. The predicted molar refractivity (Wildman–Crippen MR) is 80.8 cm³/mol. The van der Waals surface area contributed by atoms with Crippen LogP contribution in [0.3, 0.4) is 0 Å². The lowest BCUT2D eigenvalue weighted by molar-refractivity contribution is 0.0696. The third-order valence-electron chi connectivity index (χ3n) is 3.14. The number of halogens is 1. The van der Waals surface area contributed by atoms with Crippen LogP contribution in [-0.2, 0) is 6.54 Å². The van der Waals surface area contributed by atoms with Crippen molar-refractivity contribution in [3.05, 3.63) is 69.7 Å². The number of hydrogen-bond acceptors (Lipinski definition) is 2. The summed E-state index contributed by atoms with van der Waals surface area (Å²) >= 11 is 5.99. The lowest BCUT2D eigenvalue weighted by atomic mass is 10.1. The van der Waals surface area contributed by atoms with E-state index in [4.69, 9.17) is 16.7 Å². The fraction of sp³-hybridized carbons (Fsp3) is 0.125. The Morgan fingerprint density at radius 1 is 1.19 bits per heavy atom. The quantitative estimate of drug-likeness (QED) is 0.911. The van der Waals surface area contributed by atoms with Crippen molar-refractivity contribution in [2.24, 2.45) is 0 Å². The molecule has 0 aliphatic heterocycles. The van der Waals surface area contributed by atoms with Crippen LogP contribution in [0.15, 0.2) is 42.5 Å². The van der Waals surface area contributed by atoms with Gasteiger partial charge in [0, 0.05) is 17.1 Å². The first kappa shape index (κ1) is 15.1. The van der Waals surface area contributed by atoms with Crippen molar-refractivity contribution in [2.75, 3.05) is 0 Å². The molecule has 0 saturated carbocycles. The molecule has 0 aliphatic carbocycles. The van der Waals surface area contributed by atoms with E-state index in [0.717, 1.165) is 11.1 Å². The molecule has 5 heteroatoms. The Labute approximate surface area is 127 Å². The van der Waals surface area contributed by atoms with E-state index < -0.39 is 5.97 Å². The highest BCUT2D eigenvalue weighted by molar-refractivity contribution is 6.31. The summed E-state index contributed by atoms with van der Waals surface area (Å²) in [6.45, 7) is 2.04. The average molecular weight is 304 g/mol. The molecule has 0 spiro atoms. The third kappa shape index (κ3) is 3.61. The molecule has 2 N–H and O–H groups in total. The summed E-state index contributed by atoms with van der Waals surface area (Å²) in [5, 5.41) is 12.2. The number of carbonyl (C=O) groups is 2. The molecule has 0 fully saturated rings. The van der Waals surface area contributed by atoms with Crippen molar-refractivity contribution in [2.45, 2.75) is 13.5 Å². The Bertz CT molecular complexity index is 698. The molecule has 1 amide bonds. The highest BCUT2D eigenvalue weighted by atomic mass is 35.5. The first-order valence-corrected chi connectivity index (χ1v) is 6.72. The second kappa shape index (κ2) is 6.41. The van der Waals surface area contributed by atoms with Crippen LogP contribution in [-0.4, -0.2) is 17.0 Å². The normalized spacial score (nSPS) is 10.2. The molecule has 2 aromatic rings. The number of nitrogens with one attached hydrogen (secondary N) is 1. The number of carbonyl (C=O) groups excluding carboxylic acids is 1. The maximum Gasteiger partial charge on any atom is 0.335 e. The molecule has 0 radical (unpaired) electrons. The van der Waals surface area contributed by atoms with Gasteiger partial charge in [-0.1, -0.05) is 29.8 Å². The van der Waals surface area contributed by atoms with E-state index in [2.05, 4.69) is 5.32 Å². The van der Waals surface area contributed by atoms with Crippen LogP contribution in [0.2, 0.25) is 5.02 Å². The zero-order valence-corrected chi connectivity index (χ0v) is 12.1. The van der Waals surface area contributed by atoms with E-state index in [1.54, 1.807) is 37.3 Å². The number of aromatic carboxylic acids is 1. The maximum atomic E-state index is 12.1. The van der Waals surface area contributed by atoms with Crippen LogP contribution >= 0.6 is 11.6 Å². The van der Waals surface area contributed by atoms with Gasteiger partial charge in [-0.05, 0) is 42.3 Å². The molecule has 0 bridgehead atoms. The van der Waals surface area contributed by atoms with Gasteiger partial charge < -0.3 is 10.4 Å². The van der Waals surface area contributed by atoms with Crippen molar-refractivity contribution in [1.29, 1.82) is 0 Å². The van der Waals surface area contributed by atoms with Gasteiger partial charge in [0.05, 0.1) is 5.56 Å². The second-order valence-electron chi connectivity index (χ2n) is 4.60. The number of carboxylic acid groups (broad SMARTS) is 1. The van der Waals surface area contributed by atoms with Crippen molar-refractivity contribution >= 4 is 23.5 Å². The Kier molecular flexibility index (Phi) is 4.60. The first-order valence-electron chi connectivity index (χ1n) is 6.34. The molecule has 0 aromatic heterocycles. The summed E-state index contributed by atoms with van der Waals surface area (Å²) in [6, 6.07) is 11.6. The van der Waals surface area contributed by atoms with Crippen molar-refractivity contribution in [1.82, 2.24) is 5.32 Å². The smallest absolute Gasteiger partial charge is 0.335 e. The Balaban J connectivity index is 2.09. The van der Waals surface area contributed by atoms with E-state index in [0.29, 0.717) is 10.6 Å². The molecule has 2 rings (SSSR count). The van der Waals surface area contributed by atoms with Gasteiger partial charge in [-0.25, -0.2) is 4.79 Å². The van der Waals surface area contributed by atoms with Crippen LogP contribution in [0.25, 0.3) is 0 Å². The fourth-order valence-corrected chi connectivity index (χ4v) is 2.12. The van der Waals surface area contributed by atoms with Gasteiger partial charge in [0.2, 0.25) is 0 Å². The zero-order valence-electron chi connectivity index (χ0n) is 11.4. The topological polar surface area (TPSA) is 66.4 Å². The average Bonchev–Trinajstić information content (AvgIpc) is 2.48. The van der Waals surface area contributed by atoms with E-state index in [1.807, 2.05) is 0 Å². The molecular weight excluding hydrogens is 290 g/mol. The Hall–Kier alpha value is -2.33. The van der Waals surface area contributed by atoms with Gasteiger partial charge in [0.1, 0.15) is 0 Å². The minimum absolute atomic E-state index is 0.195. The van der Waals surface area contributed by atoms with Crippen LogP contribution in [0, 0.1) is 6.92 Å². The molecule has 108 valence electrons. The minimum Gasteiger partial charge on any atom is -0.478 e. The summed E-state index contributed by atoms with van der Waals surface area (Å²) in [7, 11) is 0. The number of carboxylic acids is 1. The molecular formula is C16H14ClNO3. The molecule has 0 heterocycles. The highest BCUT2D eigenvalue weighted by Crippen LogP contribution is 2.18. The van der Waals surface area contributed by atoms with Gasteiger partial charge in [0.15, 0.2) is 0 Å². The SMILES string of the molecule is Cc1c(Cl)cccc1C(=O)NCc1cccc(C(=O)O)c1. The van der Waals surface area contributed by atoms with Gasteiger partial charge in [-0.3, -0.25) is 4.79 Å². The van der Waals surface area contributed by atoms with E-state index in [9.17, 15) is 9.59 Å². The van der Waals surface area contributed by atoms with E-state index in [1.165, 1.54) is 12.1 Å². The molecule has 2 aromatic carbocycles. The number of hydrogen-bond donors (Lipinski definition) is 2. The number of amides is 1. The standard InChI is InChI=1S/C16H14ClNO3/c1-10-13(6-3-7-14(10)17)15(19)18-9-11-4-2-5-12(8-11)16(20)21/h2-8H,9H2,1H3,(H,18,19)(H,20,21). The second-order valence-corrected chi connectivity index (χ2v) is 5.01. The van der Waals surface area contributed by atoms with E-state index >= 15 is 0 Å². The summed E-state index contributed by atoms with van der Waals surface area (Å²) in [4.78, 5) is 23.0. The zero-order chi connectivity index (χ0) is 15.4. The van der Waals surface area contributed by atoms with Crippen molar-refractivity contribution < 1.29 is 14.7 Å². The molecule has 0 aliphatic rings. The summed E-state index contributed by atoms with van der Waals surface area (Å²) in [6.07, 6.45) is 0. The Morgan fingerprint density at radius 2 is 1.90 bits per heavy atom. The summed E-state index contributed by atoms with van der Waals surface area (Å²) in [5.74, 6) is -1.23. The summed E-state index contributed by atoms with van der Waals surface area (Å²) < 4.78 is 0. The van der Waals surface area contributed by atoms with Crippen LogP contribution in [0.1, 0.15) is 31.8 Å². The maximum absolute atomic E-state index is 12.1. The lowest BCUT2D eigenvalue weighted by Gasteiger charge is -2.09. The third-order valence-corrected chi connectivity index (χ3v) is 3.55. The van der Waals surface area contributed by atoms with Gasteiger partial charge in [0.25, 0.3) is 5.91 Å². The monoisotopic (exact) mass is 303 g/mol. The van der Waals surface area contributed by atoms with Crippen LogP contribution < -0.4 is 5.32 Å². The van der Waals surface area contributed by atoms with Crippen LogP contribution in [0.4, 0.5) is 0 Å². The van der Waals surface area contributed by atoms with Gasteiger partial charge >= 0.3 is 5.97 Å².